The van der Waals surface area contributed by atoms with E-state index in [2.05, 4.69) is 15.2 Å². The monoisotopic (exact) mass is 159 g/mol. The minimum atomic E-state index is 1.08. The molecule has 0 bridgehead atoms. The molecule has 0 aliphatic carbocycles. The van der Waals surface area contributed by atoms with Gasteiger partial charge in [0.25, 0.3) is 0 Å². The SMILES string of the molecule is C(=C\c1cn[nH]c1)/c1cc[nH]c1. The second-order valence-corrected chi connectivity index (χ2v) is 2.51. The molecule has 0 atom stereocenters. The number of hydrogen-bond acceptors (Lipinski definition) is 1. The van der Waals surface area contributed by atoms with Crippen molar-refractivity contribution < 1.29 is 0 Å². The second kappa shape index (κ2) is 3.09. The van der Waals surface area contributed by atoms with E-state index < -0.39 is 0 Å². The lowest BCUT2D eigenvalue weighted by atomic mass is 10.2. The van der Waals surface area contributed by atoms with Gasteiger partial charge >= 0.3 is 0 Å². The molecule has 2 aromatic rings. The number of aromatic amines is 2. The van der Waals surface area contributed by atoms with Crippen LogP contribution in [0, 0.1) is 0 Å². The van der Waals surface area contributed by atoms with Crippen molar-refractivity contribution in [3.8, 4) is 0 Å². The normalized spacial score (nSPS) is 11.0. The van der Waals surface area contributed by atoms with Crippen molar-refractivity contribution in [2.24, 2.45) is 0 Å². The fraction of sp³-hybridized carbons (Fsp3) is 0. The quantitative estimate of drug-likeness (QED) is 0.690. The van der Waals surface area contributed by atoms with Crippen molar-refractivity contribution in [3.63, 3.8) is 0 Å². The largest absolute Gasteiger partial charge is 0.367 e. The first-order chi connectivity index (χ1) is 5.95. The van der Waals surface area contributed by atoms with Crippen molar-refractivity contribution in [2.45, 2.75) is 0 Å². The van der Waals surface area contributed by atoms with Gasteiger partial charge in [0.2, 0.25) is 0 Å². The third kappa shape index (κ3) is 1.45. The number of nitrogens with zero attached hydrogens (tertiary/aromatic N) is 1. The molecule has 2 N–H and O–H groups in total. The molecule has 2 rings (SSSR count). The second-order valence-electron chi connectivity index (χ2n) is 2.51. The van der Waals surface area contributed by atoms with Gasteiger partial charge in [-0.2, -0.15) is 5.10 Å². The molecule has 3 nitrogen and oxygen atoms in total. The topological polar surface area (TPSA) is 44.5 Å². The molecule has 0 aromatic carbocycles. The standard InChI is InChI=1S/C9H9N3/c1(8-3-4-10-5-8)2-9-6-11-12-7-9/h1-7,10H,(H,11,12)/b2-1+. The van der Waals surface area contributed by atoms with E-state index in [9.17, 15) is 0 Å². The summed E-state index contributed by atoms with van der Waals surface area (Å²) in [6.07, 6.45) is 11.5. The third-order valence-corrected chi connectivity index (χ3v) is 1.61. The highest BCUT2D eigenvalue weighted by Crippen LogP contribution is 2.04. The maximum absolute atomic E-state index is 3.84. The van der Waals surface area contributed by atoms with Crippen LogP contribution in [0.2, 0.25) is 0 Å². The summed E-state index contributed by atoms with van der Waals surface area (Å²) in [6, 6.07) is 2.01. The van der Waals surface area contributed by atoms with E-state index in [1.165, 1.54) is 0 Å². The van der Waals surface area contributed by atoms with Gasteiger partial charge in [-0.15, -0.1) is 0 Å². The lowest BCUT2D eigenvalue weighted by Gasteiger charge is -1.81. The highest BCUT2D eigenvalue weighted by Gasteiger charge is 1.86. The predicted octanol–water partition coefficient (Wildman–Crippen LogP) is 1.91. The first-order valence-corrected chi connectivity index (χ1v) is 3.75. The Balaban J connectivity index is 2.14. The number of H-pyrrole nitrogens is 2. The average molecular weight is 159 g/mol. The van der Waals surface area contributed by atoms with Crippen LogP contribution in [0.15, 0.2) is 30.9 Å². The molecular weight excluding hydrogens is 150 g/mol. The van der Waals surface area contributed by atoms with E-state index in [1.54, 1.807) is 6.20 Å². The molecule has 2 heterocycles. The van der Waals surface area contributed by atoms with Crippen LogP contribution in [-0.4, -0.2) is 15.2 Å². The summed E-state index contributed by atoms with van der Waals surface area (Å²) in [5.74, 6) is 0. The molecule has 0 fully saturated rings. The highest BCUT2D eigenvalue weighted by atomic mass is 15.1. The van der Waals surface area contributed by atoms with Crippen LogP contribution in [0.3, 0.4) is 0 Å². The van der Waals surface area contributed by atoms with Crippen LogP contribution in [0.5, 0.6) is 0 Å². The molecule has 0 saturated carbocycles. The zero-order valence-corrected chi connectivity index (χ0v) is 6.49. The van der Waals surface area contributed by atoms with Crippen molar-refractivity contribution in [3.05, 3.63) is 42.0 Å². The maximum atomic E-state index is 3.84. The van der Waals surface area contributed by atoms with Gasteiger partial charge in [-0.05, 0) is 11.6 Å². The number of nitrogens with one attached hydrogen (secondary N) is 2. The average Bonchev–Trinajstić information content (AvgIpc) is 2.74. The van der Waals surface area contributed by atoms with Crippen LogP contribution in [-0.2, 0) is 0 Å². The van der Waals surface area contributed by atoms with Crippen molar-refractivity contribution in [1.82, 2.24) is 15.2 Å². The van der Waals surface area contributed by atoms with E-state index in [1.807, 2.05) is 36.8 Å². The zero-order chi connectivity index (χ0) is 8.23. The summed E-state index contributed by atoms with van der Waals surface area (Å²) in [5, 5.41) is 6.59. The Labute approximate surface area is 70.1 Å². The summed E-state index contributed by atoms with van der Waals surface area (Å²) in [7, 11) is 0. The zero-order valence-electron chi connectivity index (χ0n) is 6.49. The summed E-state index contributed by atoms with van der Waals surface area (Å²) in [4.78, 5) is 2.99. The van der Waals surface area contributed by atoms with Gasteiger partial charge in [0.1, 0.15) is 0 Å². The Hall–Kier alpha value is -1.77. The molecule has 0 saturated heterocycles. The number of rotatable bonds is 2. The lowest BCUT2D eigenvalue weighted by molar-refractivity contribution is 1.09. The first kappa shape index (κ1) is 6.91. The molecule has 2 aromatic heterocycles. The van der Waals surface area contributed by atoms with Gasteiger partial charge in [0.15, 0.2) is 0 Å². The Bertz CT molecular complexity index is 307. The summed E-state index contributed by atoms with van der Waals surface area (Å²) < 4.78 is 0. The van der Waals surface area contributed by atoms with E-state index in [0.29, 0.717) is 0 Å². The van der Waals surface area contributed by atoms with Gasteiger partial charge < -0.3 is 4.98 Å². The van der Waals surface area contributed by atoms with Crippen molar-refractivity contribution >= 4 is 12.2 Å². The number of hydrogen-bond donors (Lipinski definition) is 2. The lowest BCUT2D eigenvalue weighted by Crippen LogP contribution is -1.62. The van der Waals surface area contributed by atoms with Crippen LogP contribution >= 0.6 is 0 Å². The molecule has 0 aliphatic heterocycles. The third-order valence-electron chi connectivity index (χ3n) is 1.61. The molecule has 60 valence electrons. The van der Waals surface area contributed by atoms with Gasteiger partial charge in [-0.3, -0.25) is 5.10 Å². The van der Waals surface area contributed by atoms with Crippen molar-refractivity contribution in [2.75, 3.05) is 0 Å². The fourth-order valence-electron chi connectivity index (χ4n) is 0.985. The van der Waals surface area contributed by atoms with Crippen LogP contribution in [0.25, 0.3) is 12.2 Å². The van der Waals surface area contributed by atoms with Gasteiger partial charge in [-0.1, -0.05) is 12.2 Å². The van der Waals surface area contributed by atoms with Crippen LogP contribution in [0.1, 0.15) is 11.1 Å². The summed E-state index contributed by atoms with van der Waals surface area (Å²) in [5.41, 5.74) is 2.24. The van der Waals surface area contributed by atoms with Crippen LogP contribution in [0.4, 0.5) is 0 Å². The maximum Gasteiger partial charge on any atom is 0.0559 e. The van der Waals surface area contributed by atoms with E-state index in [4.69, 9.17) is 0 Å². The molecule has 0 spiro atoms. The molecule has 0 aliphatic rings. The van der Waals surface area contributed by atoms with Crippen molar-refractivity contribution in [1.29, 1.82) is 0 Å². The Morgan fingerprint density at radius 1 is 1.17 bits per heavy atom. The molecular formula is C9H9N3. The van der Waals surface area contributed by atoms with Gasteiger partial charge in [0.05, 0.1) is 6.20 Å². The molecule has 0 unspecified atom stereocenters. The first-order valence-electron chi connectivity index (χ1n) is 3.75. The molecule has 0 amide bonds. The minimum Gasteiger partial charge on any atom is -0.367 e. The predicted molar refractivity (Wildman–Crippen MR) is 48.3 cm³/mol. The summed E-state index contributed by atoms with van der Waals surface area (Å²) in [6.45, 7) is 0. The molecule has 0 radical (unpaired) electrons. The smallest absolute Gasteiger partial charge is 0.0559 e. The van der Waals surface area contributed by atoms with Crippen LogP contribution < -0.4 is 0 Å². The Kier molecular flexibility index (Phi) is 1.78. The Morgan fingerprint density at radius 2 is 2.08 bits per heavy atom. The van der Waals surface area contributed by atoms with Gasteiger partial charge in [0, 0.05) is 24.2 Å². The van der Waals surface area contributed by atoms with E-state index in [0.717, 1.165) is 11.1 Å². The minimum absolute atomic E-state index is 1.08. The highest BCUT2D eigenvalue weighted by molar-refractivity contribution is 5.68. The van der Waals surface area contributed by atoms with Gasteiger partial charge in [-0.25, -0.2) is 0 Å². The number of aromatic nitrogens is 3. The fourth-order valence-corrected chi connectivity index (χ4v) is 0.985. The molecule has 3 heteroatoms. The Morgan fingerprint density at radius 3 is 2.75 bits per heavy atom. The van der Waals surface area contributed by atoms with E-state index >= 15 is 0 Å². The van der Waals surface area contributed by atoms with E-state index in [-0.39, 0.29) is 0 Å². The summed E-state index contributed by atoms with van der Waals surface area (Å²) >= 11 is 0. The molecule has 12 heavy (non-hydrogen) atoms.